The number of benzene rings is 2. The zero-order chi connectivity index (χ0) is 13.7. The summed E-state index contributed by atoms with van der Waals surface area (Å²) in [6.45, 7) is 1.99. The molecule has 3 heteroatoms. The van der Waals surface area contributed by atoms with Crippen molar-refractivity contribution in [3.8, 4) is 0 Å². The fourth-order valence-corrected chi connectivity index (χ4v) is 2.11. The minimum absolute atomic E-state index is 0.270. The lowest BCUT2D eigenvalue weighted by molar-refractivity contribution is -0.145. The Kier molecular flexibility index (Phi) is 4.29. The molecule has 0 heterocycles. The first-order valence-electron chi connectivity index (χ1n) is 6.27. The van der Waals surface area contributed by atoms with Crippen LogP contribution in [-0.4, -0.2) is 18.9 Å². The maximum absolute atomic E-state index is 11.6. The largest absolute Gasteiger partial charge is 0.465 e. The minimum Gasteiger partial charge on any atom is -0.465 e. The van der Waals surface area contributed by atoms with Crippen molar-refractivity contribution in [1.29, 1.82) is 0 Å². The summed E-state index contributed by atoms with van der Waals surface area (Å²) in [5.41, 5.74) is 0.958. The summed E-state index contributed by atoms with van der Waals surface area (Å²) < 4.78 is 4.88. The van der Waals surface area contributed by atoms with Gasteiger partial charge in [0.1, 0.15) is 5.92 Å². The maximum Gasteiger partial charge on any atom is 0.317 e. The Hall–Kier alpha value is -2.16. The smallest absolute Gasteiger partial charge is 0.317 e. The average molecular weight is 255 g/mol. The van der Waals surface area contributed by atoms with E-state index in [2.05, 4.69) is 0 Å². The van der Waals surface area contributed by atoms with E-state index < -0.39 is 11.9 Å². The third-order valence-electron chi connectivity index (χ3n) is 3.02. The van der Waals surface area contributed by atoms with Gasteiger partial charge in [-0.3, -0.25) is 9.59 Å². The van der Waals surface area contributed by atoms with Gasteiger partial charge in [0.2, 0.25) is 6.29 Å². The Morgan fingerprint density at radius 2 is 1.95 bits per heavy atom. The summed E-state index contributed by atoms with van der Waals surface area (Å²) in [4.78, 5) is 22.6. The molecule has 0 N–H and O–H groups in total. The second kappa shape index (κ2) is 6.14. The van der Waals surface area contributed by atoms with Gasteiger partial charge in [-0.05, 0) is 29.7 Å². The molecule has 0 aliphatic heterocycles. The average Bonchev–Trinajstić information content (AvgIpc) is 2.45. The molecule has 1 atom stereocenters. The van der Waals surface area contributed by atoms with E-state index in [9.17, 15) is 9.59 Å². The molecular formula is C16H15O3. The molecule has 97 valence electrons. The Labute approximate surface area is 112 Å². The summed E-state index contributed by atoms with van der Waals surface area (Å²) in [6, 6.07) is 13.7. The lowest BCUT2D eigenvalue weighted by atomic mass is 9.96. The van der Waals surface area contributed by atoms with Crippen LogP contribution < -0.4 is 0 Å². The number of esters is 1. The van der Waals surface area contributed by atoms with Crippen molar-refractivity contribution in [2.45, 2.75) is 13.3 Å². The van der Waals surface area contributed by atoms with Gasteiger partial charge in [-0.25, -0.2) is 0 Å². The van der Waals surface area contributed by atoms with Crippen LogP contribution in [0.2, 0.25) is 0 Å². The fraction of sp³-hybridized carbons (Fsp3) is 0.250. The zero-order valence-corrected chi connectivity index (χ0v) is 10.8. The quantitative estimate of drug-likeness (QED) is 0.609. The highest BCUT2D eigenvalue weighted by molar-refractivity contribution is 5.90. The summed E-state index contributed by atoms with van der Waals surface area (Å²) in [5.74, 6) is -1.36. The highest BCUT2D eigenvalue weighted by Crippen LogP contribution is 2.21. The molecule has 0 aromatic heterocycles. The van der Waals surface area contributed by atoms with Crippen LogP contribution in [0.3, 0.4) is 0 Å². The van der Waals surface area contributed by atoms with Gasteiger partial charge < -0.3 is 4.74 Å². The summed E-state index contributed by atoms with van der Waals surface area (Å²) in [6.07, 6.45) is 2.10. The molecule has 0 saturated carbocycles. The van der Waals surface area contributed by atoms with Crippen molar-refractivity contribution >= 4 is 23.0 Å². The van der Waals surface area contributed by atoms with Crippen molar-refractivity contribution in [1.82, 2.24) is 0 Å². The van der Waals surface area contributed by atoms with Crippen LogP contribution in [0, 0.1) is 5.92 Å². The van der Waals surface area contributed by atoms with Crippen LogP contribution in [0.25, 0.3) is 10.8 Å². The van der Waals surface area contributed by atoms with Crippen molar-refractivity contribution in [3.63, 3.8) is 0 Å². The van der Waals surface area contributed by atoms with Gasteiger partial charge in [0.05, 0.1) is 6.61 Å². The van der Waals surface area contributed by atoms with E-state index in [0.29, 0.717) is 6.42 Å². The van der Waals surface area contributed by atoms with Gasteiger partial charge in [-0.15, -0.1) is 0 Å². The van der Waals surface area contributed by atoms with E-state index in [1.54, 1.807) is 13.2 Å². The topological polar surface area (TPSA) is 43.4 Å². The van der Waals surface area contributed by atoms with Gasteiger partial charge in [-0.1, -0.05) is 42.5 Å². The Morgan fingerprint density at radius 1 is 1.21 bits per heavy atom. The van der Waals surface area contributed by atoms with E-state index >= 15 is 0 Å². The third-order valence-corrected chi connectivity index (χ3v) is 3.02. The Morgan fingerprint density at radius 3 is 2.68 bits per heavy atom. The molecule has 2 aromatic rings. The van der Waals surface area contributed by atoms with Gasteiger partial charge >= 0.3 is 5.97 Å². The van der Waals surface area contributed by atoms with Crippen molar-refractivity contribution < 1.29 is 14.3 Å². The van der Waals surface area contributed by atoms with Gasteiger partial charge in [0, 0.05) is 0 Å². The molecule has 0 aliphatic rings. The predicted molar refractivity (Wildman–Crippen MR) is 73.5 cm³/mol. The van der Waals surface area contributed by atoms with Crippen LogP contribution in [0.5, 0.6) is 0 Å². The molecule has 2 aromatic carbocycles. The van der Waals surface area contributed by atoms with Crippen LogP contribution in [-0.2, 0) is 20.7 Å². The number of fused-ring (bicyclic) bond motifs is 1. The van der Waals surface area contributed by atoms with Crippen molar-refractivity contribution in [2.24, 2.45) is 5.92 Å². The van der Waals surface area contributed by atoms with Crippen molar-refractivity contribution in [2.75, 3.05) is 6.61 Å². The monoisotopic (exact) mass is 255 g/mol. The lowest BCUT2D eigenvalue weighted by Crippen LogP contribution is -2.21. The SMILES string of the molecule is CCOC(=O)C([C]=O)Cc1cccc2ccccc12. The highest BCUT2D eigenvalue weighted by Gasteiger charge is 2.21. The number of hydrogen-bond donors (Lipinski definition) is 0. The number of carbonyl (C=O) groups is 1. The second-order valence-corrected chi connectivity index (χ2v) is 4.26. The second-order valence-electron chi connectivity index (χ2n) is 4.26. The molecule has 1 radical (unpaired) electrons. The summed E-state index contributed by atoms with van der Waals surface area (Å²) >= 11 is 0. The highest BCUT2D eigenvalue weighted by atomic mass is 16.5. The summed E-state index contributed by atoms with van der Waals surface area (Å²) in [7, 11) is 0. The minimum atomic E-state index is -0.856. The van der Waals surface area contributed by atoms with E-state index in [1.165, 1.54) is 0 Å². The first-order valence-corrected chi connectivity index (χ1v) is 6.27. The number of rotatable bonds is 5. The molecule has 0 bridgehead atoms. The Bertz CT molecular complexity index is 584. The van der Waals surface area contributed by atoms with Crippen LogP contribution in [0.15, 0.2) is 42.5 Å². The molecule has 3 nitrogen and oxygen atoms in total. The van der Waals surface area contributed by atoms with Gasteiger partial charge in [-0.2, -0.15) is 0 Å². The van der Waals surface area contributed by atoms with Gasteiger partial charge in [0.15, 0.2) is 0 Å². The van der Waals surface area contributed by atoms with E-state index in [1.807, 2.05) is 42.5 Å². The summed E-state index contributed by atoms with van der Waals surface area (Å²) in [5, 5.41) is 2.14. The van der Waals surface area contributed by atoms with E-state index in [4.69, 9.17) is 4.74 Å². The van der Waals surface area contributed by atoms with E-state index in [0.717, 1.165) is 16.3 Å². The third kappa shape index (κ3) is 2.99. The van der Waals surface area contributed by atoms with Crippen LogP contribution >= 0.6 is 0 Å². The Balaban J connectivity index is 2.29. The molecule has 0 amide bonds. The first-order chi connectivity index (χ1) is 9.26. The van der Waals surface area contributed by atoms with E-state index in [-0.39, 0.29) is 6.61 Å². The van der Waals surface area contributed by atoms with Crippen molar-refractivity contribution in [3.05, 3.63) is 48.0 Å². The molecule has 0 aliphatic carbocycles. The first kappa shape index (κ1) is 13.3. The molecule has 0 fully saturated rings. The molecule has 19 heavy (non-hydrogen) atoms. The maximum atomic E-state index is 11.6. The van der Waals surface area contributed by atoms with Crippen LogP contribution in [0.1, 0.15) is 12.5 Å². The molecule has 2 rings (SSSR count). The molecule has 0 saturated heterocycles. The fourth-order valence-electron chi connectivity index (χ4n) is 2.11. The molecular weight excluding hydrogens is 240 g/mol. The number of hydrogen-bond acceptors (Lipinski definition) is 3. The predicted octanol–water partition coefficient (Wildman–Crippen LogP) is 2.67. The van der Waals surface area contributed by atoms with Crippen LogP contribution in [0.4, 0.5) is 0 Å². The molecule has 0 spiro atoms. The normalized spacial score (nSPS) is 12.1. The lowest BCUT2D eigenvalue weighted by Gasteiger charge is -2.11. The molecule has 1 unspecified atom stereocenters. The standard InChI is InChI=1S/C16H15O3/c1-2-19-16(18)14(11-17)10-13-8-5-7-12-6-3-4-9-15(12)13/h3-9,14H,2,10H2,1H3. The zero-order valence-electron chi connectivity index (χ0n) is 10.8. The number of carbonyl (C=O) groups excluding carboxylic acids is 2. The van der Waals surface area contributed by atoms with Gasteiger partial charge in [0.25, 0.3) is 0 Å². The number of ether oxygens (including phenoxy) is 1.